The van der Waals surface area contributed by atoms with E-state index in [2.05, 4.69) is 46.7 Å². The number of ether oxygens (including phenoxy) is 1. The number of carbonyl (C=O) groups is 1. The summed E-state index contributed by atoms with van der Waals surface area (Å²) in [7, 11) is 0. The summed E-state index contributed by atoms with van der Waals surface area (Å²) in [5, 5.41) is 15.5. The number of aromatic amines is 1. The van der Waals surface area contributed by atoms with E-state index in [0.29, 0.717) is 5.82 Å². The number of nitrogens with one attached hydrogen (secondary N) is 2. The molecule has 4 rings (SSSR count). The third kappa shape index (κ3) is 5.08. The van der Waals surface area contributed by atoms with Crippen LogP contribution >= 0.6 is 15.9 Å². The Bertz CT molecular complexity index is 1190. The summed E-state index contributed by atoms with van der Waals surface area (Å²) in [6, 6.07) is 13.3. The number of rotatable bonds is 6. The quantitative estimate of drug-likeness (QED) is 0.400. The molecule has 0 bridgehead atoms. The molecule has 0 aliphatic heterocycles. The molecule has 10 heteroatoms. The maximum Gasteiger partial charge on any atom is 0.328 e. The number of nitrogens with zero attached hydrogens (tertiary/aromatic N) is 5. The van der Waals surface area contributed by atoms with E-state index in [0.717, 1.165) is 26.8 Å². The van der Waals surface area contributed by atoms with Crippen molar-refractivity contribution in [1.29, 1.82) is 0 Å². The van der Waals surface area contributed by atoms with Gasteiger partial charge in [-0.15, -0.1) is 5.10 Å². The molecule has 1 atom stereocenters. The highest BCUT2D eigenvalue weighted by atomic mass is 79.9. The first-order valence-electron chi connectivity index (χ1n) is 9.71. The zero-order valence-corrected chi connectivity index (χ0v) is 18.9. The number of aromatic nitrogens is 6. The minimum Gasteiger partial charge on any atom is -0.459 e. The Morgan fingerprint density at radius 3 is 2.74 bits per heavy atom. The fraction of sp³-hybridized carbons (Fsp3) is 0.286. The Kier molecular flexibility index (Phi) is 5.73. The third-order valence-corrected chi connectivity index (χ3v) is 4.98. The molecule has 0 fully saturated rings. The lowest BCUT2D eigenvalue weighted by atomic mass is 10.1. The number of fused-ring (bicyclic) bond motifs is 1. The Balaban J connectivity index is 1.67. The van der Waals surface area contributed by atoms with Crippen LogP contribution < -0.4 is 5.32 Å². The summed E-state index contributed by atoms with van der Waals surface area (Å²) in [5.74, 6) is 0.0869. The highest BCUT2D eigenvalue weighted by Gasteiger charge is 2.24. The van der Waals surface area contributed by atoms with Crippen molar-refractivity contribution in [2.45, 2.75) is 39.0 Å². The Hall–Kier alpha value is -3.27. The van der Waals surface area contributed by atoms with E-state index in [-0.39, 0.29) is 6.54 Å². The van der Waals surface area contributed by atoms with E-state index < -0.39 is 17.6 Å². The molecule has 0 radical (unpaired) electrons. The highest BCUT2D eigenvalue weighted by Crippen LogP contribution is 2.27. The van der Waals surface area contributed by atoms with Crippen molar-refractivity contribution in [2.24, 2.45) is 0 Å². The van der Waals surface area contributed by atoms with Crippen LogP contribution in [-0.2, 0) is 16.1 Å². The molecule has 2 aromatic carbocycles. The smallest absolute Gasteiger partial charge is 0.328 e. The minimum atomic E-state index is -0.590. The van der Waals surface area contributed by atoms with Gasteiger partial charge in [-0.25, -0.2) is 9.67 Å². The number of anilines is 1. The number of imidazole rings is 1. The summed E-state index contributed by atoms with van der Waals surface area (Å²) in [4.78, 5) is 19.8. The number of hydrogen-bond acceptors (Lipinski definition) is 7. The van der Waals surface area contributed by atoms with Crippen LogP contribution in [-0.4, -0.2) is 41.7 Å². The van der Waals surface area contributed by atoms with Gasteiger partial charge in [-0.2, -0.15) is 0 Å². The van der Waals surface area contributed by atoms with Crippen LogP contribution in [0.3, 0.4) is 0 Å². The molecule has 160 valence electrons. The monoisotopic (exact) mass is 483 g/mol. The summed E-state index contributed by atoms with van der Waals surface area (Å²) < 4.78 is 7.85. The van der Waals surface area contributed by atoms with Gasteiger partial charge in [0, 0.05) is 10.2 Å². The average molecular weight is 484 g/mol. The van der Waals surface area contributed by atoms with Gasteiger partial charge in [0.15, 0.2) is 5.82 Å². The van der Waals surface area contributed by atoms with Crippen LogP contribution in [0, 0.1) is 0 Å². The fourth-order valence-corrected chi connectivity index (χ4v) is 3.43. The van der Waals surface area contributed by atoms with Crippen LogP contribution in [0.15, 0.2) is 53.3 Å². The van der Waals surface area contributed by atoms with Gasteiger partial charge in [0.25, 0.3) is 0 Å². The second kappa shape index (κ2) is 8.46. The van der Waals surface area contributed by atoms with Gasteiger partial charge in [0.05, 0.1) is 17.4 Å². The zero-order valence-electron chi connectivity index (χ0n) is 17.3. The van der Waals surface area contributed by atoms with Gasteiger partial charge in [0.2, 0.25) is 0 Å². The molecular weight excluding hydrogens is 462 g/mol. The lowest BCUT2D eigenvalue weighted by Crippen LogP contribution is -2.28. The SMILES string of the molecule is CC(C)(C)OC(=O)Cn1nnnc1C(Nc1ccc2[nH]cnc2c1)c1ccc(Br)cc1. The lowest BCUT2D eigenvalue weighted by molar-refractivity contribution is -0.155. The van der Waals surface area contributed by atoms with Crippen LogP contribution in [0.1, 0.15) is 38.2 Å². The van der Waals surface area contributed by atoms with Crippen molar-refractivity contribution in [3.63, 3.8) is 0 Å². The molecule has 4 aromatic rings. The third-order valence-electron chi connectivity index (χ3n) is 4.45. The second-order valence-electron chi connectivity index (χ2n) is 8.04. The van der Waals surface area contributed by atoms with E-state index in [4.69, 9.17) is 4.74 Å². The molecule has 0 aliphatic carbocycles. The highest BCUT2D eigenvalue weighted by molar-refractivity contribution is 9.10. The van der Waals surface area contributed by atoms with Crippen LogP contribution in [0.5, 0.6) is 0 Å². The summed E-state index contributed by atoms with van der Waals surface area (Å²) in [6.45, 7) is 5.38. The molecule has 0 spiro atoms. The van der Waals surface area contributed by atoms with Crippen LogP contribution in [0.4, 0.5) is 5.69 Å². The number of halogens is 1. The van der Waals surface area contributed by atoms with Gasteiger partial charge in [0.1, 0.15) is 18.2 Å². The molecule has 0 aliphatic rings. The van der Waals surface area contributed by atoms with Gasteiger partial charge in [-0.1, -0.05) is 28.1 Å². The standard InChI is InChI=1S/C21H22BrN7O2/c1-21(2,3)31-18(30)11-29-20(26-27-28-29)19(13-4-6-14(22)7-5-13)25-15-8-9-16-17(10-15)24-12-23-16/h4-10,12,19,25H,11H2,1-3H3,(H,23,24). The predicted octanol–water partition coefficient (Wildman–Crippen LogP) is 3.86. The maximum absolute atomic E-state index is 12.4. The van der Waals surface area contributed by atoms with Crippen molar-refractivity contribution < 1.29 is 9.53 Å². The van der Waals surface area contributed by atoms with E-state index in [1.165, 1.54) is 4.68 Å². The average Bonchev–Trinajstić information content (AvgIpc) is 3.34. The lowest BCUT2D eigenvalue weighted by Gasteiger charge is -2.21. The predicted molar refractivity (Wildman–Crippen MR) is 119 cm³/mol. The summed E-state index contributed by atoms with van der Waals surface area (Å²) >= 11 is 3.47. The Morgan fingerprint density at radius 1 is 1.23 bits per heavy atom. The van der Waals surface area contributed by atoms with Crippen molar-refractivity contribution in [3.8, 4) is 0 Å². The van der Waals surface area contributed by atoms with Crippen molar-refractivity contribution in [1.82, 2.24) is 30.2 Å². The first kappa shape index (κ1) is 21.0. The summed E-state index contributed by atoms with van der Waals surface area (Å²) in [6.07, 6.45) is 1.65. The van der Waals surface area contributed by atoms with Crippen molar-refractivity contribution >= 4 is 38.6 Å². The number of esters is 1. The van der Waals surface area contributed by atoms with Gasteiger partial charge >= 0.3 is 5.97 Å². The van der Waals surface area contributed by atoms with E-state index in [1.54, 1.807) is 6.33 Å². The molecule has 1 unspecified atom stereocenters. The van der Waals surface area contributed by atoms with E-state index in [1.807, 2.05) is 63.2 Å². The molecule has 31 heavy (non-hydrogen) atoms. The molecular formula is C21H22BrN7O2. The van der Waals surface area contributed by atoms with Crippen LogP contribution in [0.2, 0.25) is 0 Å². The van der Waals surface area contributed by atoms with Crippen LogP contribution in [0.25, 0.3) is 11.0 Å². The Morgan fingerprint density at radius 2 is 2.00 bits per heavy atom. The number of hydrogen-bond donors (Lipinski definition) is 2. The summed E-state index contributed by atoms with van der Waals surface area (Å²) in [5.41, 5.74) is 2.98. The molecule has 9 nitrogen and oxygen atoms in total. The molecule has 0 saturated carbocycles. The van der Waals surface area contributed by atoms with E-state index >= 15 is 0 Å². The first-order valence-corrected chi connectivity index (χ1v) is 10.5. The first-order chi connectivity index (χ1) is 14.8. The second-order valence-corrected chi connectivity index (χ2v) is 8.96. The molecule has 0 amide bonds. The number of tetrazole rings is 1. The van der Waals surface area contributed by atoms with E-state index in [9.17, 15) is 4.79 Å². The minimum absolute atomic E-state index is 0.0906. The molecule has 0 saturated heterocycles. The number of carbonyl (C=O) groups excluding carboxylic acids is 1. The number of benzene rings is 2. The Labute approximate surface area is 187 Å². The maximum atomic E-state index is 12.4. The number of H-pyrrole nitrogens is 1. The largest absolute Gasteiger partial charge is 0.459 e. The molecule has 2 aromatic heterocycles. The van der Waals surface area contributed by atoms with Gasteiger partial charge in [-0.3, -0.25) is 4.79 Å². The fourth-order valence-electron chi connectivity index (χ4n) is 3.17. The van der Waals surface area contributed by atoms with Gasteiger partial charge in [-0.05, 0) is 67.1 Å². The topological polar surface area (TPSA) is 111 Å². The normalized spacial score (nSPS) is 12.6. The molecule has 2 N–H and O–H groups in total. The molecule has 2 heterocycles. The zero-order chi connectivity index (χ0) is 22.0. The van der Waals surface area contributed by atoms with Crippen molar-refractivity contribution in [3.05, 3.63) is 64.7 Å². The van der Waals surface area contributed by atoms with Gasteiger partial charge < -0.3 is 15.0 Å². The van der Waals surface area contributed by atoms with Crippen molar-refractivity contribution in [2.75, 3.05) is 5.32 Å².